The second-order valence-electron chi connectivity index (χ2n) is 4.63. The van der Waals surface area contributed by atoms with Gasteiger partial charge in [0.1, 0.15) is 10.7 Å². The molecule has 0 spiro atoms. The first-order chi connectivity index (χ1) is 9.95. The molecule has 1 heterocycles. The van der Waals surface area contributed by atoms with E-state index in [1.165, 1.54) is 22.5 Å². The van der Waals surface area contributed by atoms with Gasteiger partial charge in [-0.1, -0.05) is 25.1 Å². The smallest absolute Gasteiger partial charge is 0.246 e. The van der Waals surface area contributed by atoms with Crippen LogP contribution in [0.5, 0.6) is 0 Å². The number of aryl methyl sites for hydroxylation is 1. The van der Waals surface area contributed by atoms with Crippen LogP contribution in [0.25, 0.3) is 0 Å². The second kappa shape index (κ2) is 6.32. The van der Waals surface area contributed by atoms with Crippen LogP contribution in [-0.2, 0) is 16.6 Å². The molecule has 0 fully saturated rings. The van der Waals surface area contributed by atoms with Gasteiger partial charge in [-0.2, -0.15) is 4.31 Å². The van der Waals surface area contributed by atoms with E-state index in [9.17, 15) is 12.8 Å². The van der Waals surface area contributed by atoms with Crippen LogP contribution in [0.2, 0.25) is 0 Å². The fourth-order valence-corrected chi connectivity index (χ4v) is 3.51. The topological polar surface area (TPSA) is 50.3 Å². The number of nitrogens with zero attached hydrogens (tertiary/aromatic N) is 2. The molecule has 0 aliphatic heterocycles. The lowest BCUT2D eigenvalue weighted by molar-refractivity contribution is 0.415. The average molecular weight is 308 g/mol. The first-order valence-corrected chi connectivity index (χ1v) is 8.06. The number of benzene rings is 1. The summed E-state index contributed by atoms with van der Waals surface area (Å²) in [5.41, 5.74) is 1.45. The highest BCUT2D eigenvalue weighted by Gasteiger charge is 2.26. The van der Waals surface area contributed by atoms with Crippen LogP contribution in [0.3, 0.4) is 0 Å². The third-order valence-electron chi connectivity index (χ3n) is 3.09. The maximum Gasteiger partial charge on any atom is 0.246 e. The van der Waals surface area contributed by atoms with E-state index in [4.69, 9.17) is 0 Å². The first kappa shape index (κ1) is 15.6. The Labute approximate surface area is 124 Å². The molecule has 1 aromatic carbocycles. The molecule has 6 heteroatoms. The van der Waals surface area contributed by atoms with Gasteiger partial charge in [0, 0.05) is 12.2 Å². The van der Waals surface area contributed by atoms with E-state index in [1.54, 1.807) is 13.0 Å². The number of hydrogen-bond donors (Lipinski definition) is 0. The van der Waals surface area contributed by atoms with Gasteiger partial charge < -0.3 is 0 Å². The highest BCUT2D eigenvalue weighted by molar-refractivity contribution is 7.89. The third-order valence-corrected chi connectivity index (χ3v) is 5.05. The average Bonchev–Trinajstić information content (AvgIpc) is 2.45. The van der Waals surface area contributed by atoms with Crippen LogP contribution in [0.1, 0.15) is 18.3 Å². The zero-order chi connectivity index (χ0) is 15.5. The van der Waals surface area contributed by atoms with E-state index in [1.807, 2.05) is 19.1 Å². The van der Waals surface area contributed by atoms with E-state index in [-0.39, 0.29) is 18.0 Å². The highest BCUT2D eigenvalue weighted by Crippen LogP contribution is 2.20. The van der Waals surface area contributed by atoms with Gasteiger partial charge in [0.05, 0.1) is 12.2 Å². The van der Waals surface area contributed by atoms with Crippen molar-refractivity contribution < 1.29 is 12.8 Å². The Hall–Kier alpha value is -1.79. The molecule has 2 aromatic rings. The molecule has 21 heavy (non-hydrogen) atoms. The van der Waals surface area contributed by atoms with Crippen LogP contribution < -0.4 is 0 Å². The quantitative estimate of drug-likeness (QED) is 0.853. The molecule has 0 amide bonds. The number of halogens is 1. The largest absolute Gasteiger partial charge is 0.257 e. The Morgan fingerprint density at radius 2 is 1.86 bits per heavy atom. The summed E-state index contributed by atoms with van der Waals surface area (Å²) >= 11 is 0. The fourth-order valence-electron chi connectivity index (χ4n) is 2.03. The van der Waals surface area contributed by atoms with Gasteiger partial charge in [0.2, 0.25) is 10.0 Å². The van der Waals surface area contributed by atoms with Crippen molar-refractivity contribution in [3.63, 3.8) is 0 Å². The van der Waals surface area contributed by atoms with Crippen molar-refractivity contribution in [2.45, 2.75) is 25.3 Å². The molecule has 4 nitrogen and oxygen atoms in total. The van der Waals surface area contributed by atoms with Crippen LogP contribution in [-0.4, -0.2) is 24.3 Å². The molecular formula is C15H17FN2O2S. The summed E-state index contributed by atoms with van der Waals surface area (Å²) in [6.45, 7) is 3.92. The Kier molecular flexibility index (Phi) is 4.69. The number of rotatable bonds is 5. The van der Waals surface area contributed by atoms with Crippen molar-refractivity contribution in [1.82, 2.24) is 9.29 Å². The zero-order valence-corrected chi connectivity index (χ0v) is 12.8. The minimum atomic E-state index is -3.87. The summed E-state index contributed by atoms with van der Waals surface area (Å²) in [5, 5.41) is 0. The Bertz CT molecular complexity index is 732. The normalized spacial score (nSPS) is 11.8. The van der Waals surface area contributed by atoms with Crippen molar-refractivity contribution in [3.8, 4) is 0 Å². The van der Waals surface area contributed by atoms with E-state index < -0.39 is 15.8 Å². The van der Waals surface area contributed by atoms with Crippen molar-refractivity contribution in [3.05, 3.63) is 59.7 Å². The van der Waals surface area contributed by atoms with E-state index in [2.05, 4.69) is 4.98 Å². The molecule has 0 N–H and O–H groups in total. The SMILES string of the molecule is CCN(Cc1cccc(C)n1)S(=O)(=O)c1ccccc1F. The zero-order valence-electron chi connectivity index (χ0n) is 12.0. The molecule has 0 radical (unpaired) electrons. The lowest BCUT2D eigenvalue weighted by Gasteiger charge is -2.20. The Morgan fingerprint density at radius 3 is 2.48 bits per heavy atom. The molecular weight excluding hydrogens is 291 g/mol. The maximum absolute atomic E-state index is 13.8. The minimum Gasteiger partial charge on any atom is -0.257 e. The summed E-state index contributed by atoms with van der Waals surface area (Å²) in [5.74, 6) is -0.742. The summed E-state index contributed by atoms with van der Waals surface area (Å²) in [6, 6.07) is 10.8. The number of pyridine rings is 1. The van der Waals surface area contributed by atoms with E-state index >= 15 is 0 Å². The number of aromatic nitrogens is 1. The minimum absolute atomic E-state index is 0.120. The monoisotopic (exact) mass is 308 g/mol. The lowest BCUT2D eigenvalue weighted by Crippen LogP contribution is -2.31. The molecule has 0 aliphatic rings. The lowest BCUT2D eigenvalue weighted by atomic mass is 10.3. The molecule has 0 saturated heterocycles. The van der Waals surface area contributed by atoms with Gasteiger partial charge in [0.15, 0.2) is 0 Å². The van der Waals surface area contributed by atoms with Crippen molar-refractivity contribution in [2.75, 3.05) is 6.54 Å². The van der Waals surface area contributed by atoms with Gasteiger partial charge in [0.25, 0.3) is 0 Å². The molecule has 0 aliphatic carbocycles. The molecule has 0 bridgehead atoms. The molecule has 112 valence electrons. The van der Waals surface area contributed by atoms with Gasteiger partial charge in [-0.05, 0) is 31.2 Å². The molecule has 0 atom stereocenters. The third kappa shape index (κ3) is 3.46. The molecule has 0 saturated carbocycles. The fraction of sp³-hybridized carbons (Fsp3) is 0.267. The predicted molar refractivity (Wildman–Crippen MR) is 78.6 cm³/mol. The highest BCUT2D eigenvalue weighted by atomic mass is 32.2. The second-order valence-corrected chi connectivity index (χ2v) is 6.54. The first-order valence-electron chi connectivity index (χ1n) is 6.62. The Morgan fingerprint density at radius 1 is 1.14 bits per heavy atom. The Balaban J connectivity index is 2.35. The van der Waals surface area contributed by atoms with Crippen molar-refractivity contribution in [1.29, 1.82) is 0 Å². The molecule has 0 unspecified atom stereocenters. The van der Waals surface area contributed by atoms with Gasteiger partial charge >= 0.3 is 0 Å². The number of hydrogen-bond acceptors (Lipinski definition) is 3. The summed E-state index contributed by atoms with van der Waals surface area (Å²) in [7, 11) is -3.87. The van der Waals surface area contributed by atoms with Crippen LogP contribution >= 0.6 is 0 Å². The van der Waals surface area contributed by atoms with E-state index in [0.29, 0.717) is 5.69 Å². The van der Waals surface area contributed by atoms with Gasteiger partial charge in [-0.25, -0.2) is 12.8 Å². The maximum atomic E-state index is 13.8. The number of sulfonamides is 1. The van der Waals surface area contributed by atoms with E-state index in [0.717, 1.165) is 11.8 Å². The van der Waals surface area contributed by atoms with Crippen LogP contribution in [0, 0.1) is 12.7 Å². The molecule has 2 rings (SSSR count). The molecule has 1 aromatic heterocycles. The summed E-state index contributed by atoms with van der Waals surface area (Å²) in [4.78, 5) is 3.98. The van der Waals surface area contributed by atoms with Crippen molar-refractivity contribution in [2.24, 2.45) is 0 Å². The summed E-state index contributed by atoms with van der Waals surface area (Å²) in [6.07, 6.45) is 0. The van der Waals surface area contributed by atoms with Gasteiger partial charge in [-0.15, -0.1) is 0 Å². The standard InChI is InChI=1S/C15H17FN2O2S/c1-3-18(11-13-8-6-7-12(2)17-13)21(19,20)15-10-5-4-9-14(15)16/h4-10H,3,11H2,1-2H3. The predicted octanol–water partition coefficient (Wildman–Crippen LogP) is 2.74. The summed E-state index contributed by atoms with van der Waals surface area (Å²) < 4.78 is 40.0. The van der Waals surface area contributed by atoms with Crippen LogP contribution in [0.4, 0.5) is 4.39 Å². The van der Waals surface area contributed by atoms with Crippen molar-refractivity contribution >= 4 is 10.0 Å². The van der Waals surface area contributed by atoms with Crippen LogP contribution in [0.15, 0.2) is 47.4 Å². The van der Waals surface area contributed by atoms with Gasteiger partial charge in [-0.3, -0.25) is 4.98 Å².